The number of nitriles is 1. The molecule has 3 aromatic rings. The summed E-state index contributed by atoms with van der Waals surface area (Å²) in [5, 5.41) is 9.37. The number of benzene rings is 1. The molecule has 0 saturated carbocycles. The minimum absolute atomic E-state index is 0.0635. The maximum Gasteiger partial charge on any atom is 0.189 e. The average Bonchev–Trinajstić information content (AvgIpc) is 2.79. The molecule has 8 heteroatoms. The fraction of sp³-hybridized carbons (Fsp3) is 0.261. The number of aromatic nitrogens is 3. The molecule has 0 radical (unpaired) electrons. The van der Waals surface area contributed by atoms with Crippen LogP contribution in [0.5, 0.6) is 0 Å². The molecule has 0 amide bonds. The van der Waals surface area contributed by atoms with Crippen LogP contribution in [0.25, 0.3) is 11.3 Å². The van der Waals surface area contributed by atoms with Crippen LogP contribution < -0.4 is 16.4 Å². The molecule has 156 valence electrons. The highest BCUT2D eigenvalue weighted by molar-refractivity contribution is 6.00. The van der Waals surface area contributed by atoms with Crippen molar-refractivity contribution in [3.05, 3.63) is 65.7 Å². The first kappa shape index (κ1) is 20.4. The van der Waals surface area contributed by atoms with Gasteiger partial charge in [0.2, 0.25) is 0 Å². The van der Waals surface area contributed by atoms with Crippen molar-refractivity contribution >= 4 is 17.3 Å². The van der Waals surface area contributed by atoms with Crippen molar-refractivity contribution in [2.75, 3.05) is 23.7 Å². The van der Waals surface area contributed by atoms with Gasteiger partial charge >= 0.3 is 0 Å². The standard InChI is InChI=1S/C23H23N7O/c24-11-15-4-1-2-6-18(15)19-13-28-23(26)22(29-19)21(31)10-16-12-27-8-7-20(16)30-9-3-5-17(25)14-30/h1-2,4,6-8,12-13,17H,3,5,9-10,14,25H2,(H2,26,28). The summed E-state index contributed by atoms with van der Waals surface area (Å²) in [4.78, 5) is 28.2. The molecule has 1 atom stereocenters. The van der Waals surface area contributed by atoms with E-state index in [9.17, 15) is 10.1 Å². The summed E-state index contributed by atoms with van der Waals surface area (Å²) in [6.07, 6.45) is 7.00. The number of nitrogen functional groups attached to an aromatic ring is 1. The second-order valence-electron chi connectivity index (χ2n) is 7.60. The Morgan fingerprint density at radius 3 is 2.90 bits per heavy atom. The zero-order chi connectivity index (χ0) is 21.8. The number of ketones is 1. The SMILES string of the molecule is N#Cc1ccccc1-c1cnc(N)c(C(=O)Cc2cnccc2N2CCCC(N)C2)n1. The molecule has 0 spiro atoms. The van der Waals surface area contributed by atoms with E-state index in [1.54, 1.807) is 36.7 Å². The number of anilines is 2. The molecule has 1 fully saturated rings. The van der Waals surface area contributed by atoms with Gasteiger partial charge in [-0.2, -0.15) is 5.26 Å². The third-order valence-corrected chi connectivity index (χ3v) is 5.42. The number of hydrogen-bond acceptors (Lipinski definition) is 8. The zero-order valence-corrected chi connectivity index (χ0v) is 17.0. The van der Waals surface area contributed by atoms with Gasteiger partial charge in [0.05, 0.1) is 23.5 Å². The van der Waals surface area contributed by atoms with Gasteiger partial charge in [-0.3, -0.25) is 9.78 Å². The topological polar surface area (TPSA) is 135 Å². The Hall–Kier alpha value is -3.83. The lowest BCUT2D eigenvalue weighted by Crippen LogP contribution is -2.43. The van der Waals surface area contributed by atoms with E-state index in [1.807, 2.05) is 6.07 Å². The number of carbonyl (C=O) groups is 1. The maximum atomic E-state index is 13.2. The molecule has 31 heavy (non-hydrogen) atoms. The van der Waals surface area contributed by atoms with Crippen LogP contribution in [0, 0.1) is 11.3 Å². The fourth-order valence-electron chi connectivity index (χ4n) is 3.89. The van der Waals surface area contributed by atoms with Gasteiger partial charge in [0.1, 0.15) is 5.69 Å². The number of piperidine rings is 1. The molecule has 0 aliphatic carbocycles. The second kappa shape index (κ2) is 8.90. The zero-order valence-electron chi connectivity index (χ0n) is 17.0. The Bertz CT molecular complexity index is 1150. The van der Waals surface area contributed by atoms with E-state index in [4.69, 9.17) is 11.5 Å². The Kier molecular flexibility index (Phi) is 5.87. The van der Waals surface area contributed by atoms with Gasteiger partial charge in [0.25, 0.3) is 0 Å². The van der Waals surface area contributed by atoms with Crippen molar-refractivity contribution in [3.8, 4) is 17.3 Å². The number of carbonyl (C=O) groups excluding carboxylic acids is 1. The van der Waals surface area contributed by atoms with Crippen molar-refractivity contribution in [1.82, 2.24) is 15.0 Å². The maximum absolute atomic E-state index is 13.2. The predicted molar refractivity (Wildman–Crippen MR) is 118 cm³/mol. The first-order valence-electron chi connectivity index (χ1n) is 10.2. The monoisotopic (exact) mass is 413 g/mol. The highest BCUT2D eigenvalue weighted by Crippen LogP contribution is 2.26. The van der Waals surface area contributed by atoms with Crippen LogP contribution in [0.1, 0.15) is 34.5 Å². The molecule has 0 bridgehead atoms. The van der Waals surface area contributed by atoms with Crippen LogP contribution in [-0.4, -0.2) is 39.9 Å². The number of rotatable bonds is 5. The van der Waals surface area contributed by atoms with E-state index >= 15 is 0 Å². The molecular formula is C23H23N7O. The molecule has 3 heterocycles. The predicted octanol–water partition coefficient (Wildman–Crippen LogP) is 2.35. The van der Waals surface area contributed by atoms with Crippen molar-refractivity contribution in [3.63, 3.8) is 0 Å². The Balaban J connectivity index is 1.64. The molecule has 2 aromatic heterocycles. The number of hydrogen-bond donors (Lipinski definition) is 2. The number of pyridine rings is 1. The van der Waals surface area contributed by atoms with Gasteiger partial charge in [-0.1, -0.05) is 18.2 Å². The normalized spacial score (nSPS) is 16.0. The molecule has 4 N–H and O–H groups in total. The second-order valence-corrected chi connectivity index (χ2v) is 7.60. The minimum Gasteiger partial charge on any atom is -0.382 e. The lowest BCUT2D eigenvalue weighted by atomic mass is 10.0. The number of nitrogens with two attached hydrogens (primary N) is 2. The van der Waals surface area contributed by atoms with Gasteiger partial charge in [-0.05, 0) is 25.0 Å². The van der Waals surface area contributed by atoms with E-state index in [2.05, 4.69) is 25.9 Å². The average molecular weight is 413 g/mol. The molecule has 4 rings (SSSR count). The molecule has 1 aromatic carbocycles. The molecule has 1 aliphatic rings. The first-order valence-corrected chi connectivity index (χ1v) is 10.2. The van der Waals surface area contributed by atoms with Crippen LogP contribution in [0.4, 0.5) is 11.5 Å². The third-order valence-electron chi connectivity index (χ3n) is 5.42. The van der Waals surface area contributed by atoms with Crippen LogP contribution >= 0.6 is 0 Å². The van der Waals surface area contributed by atoms with Crippen molar-refractivity contribution in [2.24, 2.45) is 5.73 Å². The highest BCUT2D eigenvalue weighted by Gasteiger charge is 2.22. The summed E-state index contributed by atoms with van der Waals surface area (Å²) in [6, 6.07) is 11.2. The minimum atomic E-state index is -0.253. The van der Waals surface area contributed by atoms with Gasteiger partial charge in [-0.25, -0.2) is 9.97 Å². The molecule has 8 nitrogen and oxygen atoms in total. The third kappa shape index (κ3) is 4.37. The summed E-state index contributed by atoms with van der Waals surface area (Å²) in [5.41, 5.74) is 15.5. The van der Waals surface area contributed by atoms with Crippen molar-refractivity contribution in [2.45, 2.75) is 25.3 Å². The first-order chi connectivity index (χ1) is 15.1. The summed E-state index contributed by atoms with van der Waals surface area (Å²) < 4.78 is 0. The highest BCUT2D eigenvalue weighted by atomic mass is 16.1. The Labute approximate surface area is 180 Å². The van der Waals surface area contributed by atoms with E-state index in [0.29, 0.717) is 16.8 Å². The summed E-state index contributed by atoms with van der Waals surface area (Å²) >= 11 is 0. The van der Waals surface area contributed by atoms with Crippen molar-refractivity contribution in [1.29, 1.82) is 5.26 Å². The lowest BCUT2D eigenvalue weighted by Gasteiger charge is -2.33. The smallest absolute Gasteiger partial charge is 0.189 e. The quantitative estimate of drug-likeness (QED) is 0.609. The number of Topliss-reactive ketones (excluding diaryl/α,β-unsaturated/α-hetero) is 1. The largest absolute Gasteiger partial charge is 0.382 e. The molecule has 1 aliphatic heterocycles. The Morgan fingerprint density at radius 2 is 2.10 bits per heavy atom. The molecule has 1 unspecified atom stereocenters. The van der Waals surface area contributed by atoms with Crippen LogP contribution in [0.15, 0.2) is 48.9 Å². The van der Waals surface area contributed by atoms with Gasteiger partial charge in [0.15, 0.2) is 11.6 Å². The molecular weight excluding hydrogens is 390 g/mol. The summed E-state index contributed by atoms with van der Waals surface area (Å²) in [5.74, 6) is -0.189. The van der Waals surface area contributed by atoms with Crippen LogP contribution in [0.2, 0.25) is 0 Å². The fourth-order valence-corrected chi connectivity index (χ4v) is 3.89. The van der Waals surface area contributed by atoms with E-state index in [0.717, 1.165) is 37.2 Å². The van der Waals surface area contributed by atoms with E-state index < -0.39 is 0 Å². The van der Waals surface area contributed by atoms with E-state index in [1.165, 1.54) is 6.20 Å². The van der Waals surface area contributed by atoms with Gasteiger partial charge in [-0.15, -0.1) is 0 Å². The van der Waals surface area contributed by atoms with Crippen molar-refractivity contribution < 1.29 is 4.79 Å². The van der Waals surface area contributed by atoms with E-state index in [-0.39, 0.29) is 29.8 Å². The Morgan fingerprint density at radius 1 is 1.26 bits per heavy atom. The van der Waals surface area contributed by atoms with Gasteiger partial charge < -0.3 is 16.4 Å². The van der Waals surface area contributed by atoms with Gasteiger partial charge in [0, 0.05) is 54.8 Å². The summed E-state index contributed by atoms with van der Waals surface area (Å²) in [6.45, 7) is 1.63. The summed E-state index contributed by atoms with van der Waals surface area (Å²) in [7, 11) is 0. The number of nitrogens with zero attached hydrogens (tertiary/aromatic N) is 5. The van der Waals surface area contributed by atoms with Crippen LogP contribution in [-0.2, 0) is 6.42 Å². The lowest BCUT2D eigenvalue weighted by molar-refractivity contribution is 0.0989. The molecule has 1 saturated heterocycles. The van der Waals surface area contributed by atoms with Crippen LogP contribution in [0.3, 0.4) is 0 Å².